The van der Waals surface area contributed by atoms with Crippen molar-refractivity contribution in [2.45, 2.75) is 12.5 Å². The topological polar surface area (TPSA) is 79.9 Å². The molecule has 0 aliphatic carbocycles. The summed E-state index contributed by atoms with van der Waals surface area (Å²) in [6.07, 6.45) is 0.619. The Morgan fingerprint density at radius 1 is 1.13 bits per heavy atom. The normalized spacial score (nSPS) is 15.6. The Hall–Kier alpha value is -2.94. The molecule has 1 saturated heterocycles. The van der Waals surface area contributed by atoms with E-state index in [9.17, 15) is 14.0 Å². The second-order valence-corrected chi connectivity index (χ2v) is 7.65. The van der Waals surface area contributed by atoms with Crippen LogP contribution < -0.4 is 20.1 Å². The molecule has 3 amide bonds. The zero-order valence-corrected chi connectivity index (χ0v) is 17.6. The third-order valence-corrected chi connectivity index (χ3v) is 5.71. The van der Waals surface area contributed by atoms with E-state index in [-0.39, 0.29) is 17.8 Å². The SMILES string of the molecule is COc1ccc(CCNC(=O)[C@@H]2CSCN2C(=O)Nc2ccc(F)cc2)cc1OC. The zero-order chi connectivity index (χ0) is 21.5. The van der Waals surface area contributed by atoms with E-state index in [0.717, 1.165) is 5.56 Å². The maximum absolute atomic E-state index is 13.0. The van der Waals surface area contributed by atoms with E-state index >= 15 is 0 Å². The summed E-state index contributed by atoms with van der Waals surface area (Å²) in [4.78, 5) is 26.7. The molecule has 30 heavy (non-hydrogen) atoms. The lowest BCUT2D eigenvalue weighted by atomic mass is 10.1. The smallest absolute Gasteiger partial charge is 0.323 e. The number of amides is 3. The van der Waals surface area contributed by atoms with Crippen molar-refractivity contribution in [2.75, 3.05) is 37.7 Å². The monoisotopic (exact) mass is 433 g/mol. The number of rotatable bonds is 7. The van der Waals surface area contributed by atoms with Crippen LogP contribution in [0.5, 0.6) is 11.5 Å². The molecule has 9 heteroatoms. The molecule has 1 atom stereocenters. The van der Waals surface area contributed by atoms with Gasteiger partial charge in [0.15, 0.2) is 11.5 Å². The number of nitrogens with one attached hydrogen (secondary N) is 2. The van der Waals surface area contributed by atoms with Crippen molar-refractivity contribution in [3.8, 4) is 11.5 Å². The molecular formula is C21H24FN3O4S. The van der Waals surface area contributed by atoms with Crippen LogP contribution in [0.3, 0.4) is 0 Å². The molecule has 2 N–H and O–H groups in total. The summed E-state index contributed by atoms with van der Waals surface area (Å²) in [5.41, 5.74) is 1.48. The highest BCUT2D eigenvalue weighted by atomic mass is 32.2. The van der Waals surface area contributed by atoms with Crippen molar-refractivity contribution >= 4 is 29.4 Å². The van der Waals surface area contributed by atoms with Gasteiger partial charge in [-0.25, -0.2) is 9.18 Å². The van der Waals surface area contributed by atoms with E-state index in [1.165, 1.54) is 40.9 Å². The van der Waals surface area contributed by atoms with E-state index in [1.54, 1.807) is 14.2 Å². The quantitative estimate of drug-likeness (QED) is 0.702. The Labute approximate surface area is 178 Å². The molecule has 1 fully saturated rings. The number of urea groups is 1. The summed E-state index contributed by atoms with van der Waals surface area (Å²) in [7, 11) is 3.15. The first-order chi connectivity index (χ1) is 14.5. The van der Waals surface area contributed by atoms with Crippen molar-refractivity contribution in [1.29, 1.82) is 0 Å². The van der Waals surface area contributed by atoms with Gasteiger partial charge in [-0.05, 0) is 48.4 Å². The number of anilines is 1. The summed E-state index contributed by atoms with van der Waals surface area (Å²) < 4.78 is 23.5. The highest BCUT2D eigenvalue weighted by Crippen LogP contribution is 2.27. The van der Waals surface area contributed by atoms with Crippen LogP contribution >= 0.6 is 11.8 Å². The van der Waals surface area contributed by atoms with Gasteiger partial charge in [-0.2, -0.15) is 0 Å². The number of halogens is 1. The Morgan fingerprint density at radius 3 is 2.57 bits per heavy atom. The molecule has 2 aromatic rings. The highest BCUT2D eigenvalue weighted by Gasteiger charge is 2.34. The van der Waals surface area contributed by atoms with Crippen LogP contribution in [0, 0.1) is 5.82 Å². The minimum absolute atomic E-state index is 0.199. The first kappa shape index (κ1) is 21.8. The third kappa shape index (κ3) is 5.35. The fourth-order valence-corrected chi connectivity index (χ4v) is 4.23. The Kier molecular flexibility index (Phi) is 7.40. The summed E-state index contributed by atoms with van der Waals surface area (Å²) in [5, 5.41) is 5.60. The number of methoxy groups -OCH3 is 2. The van der Waals surface area contributed by atoms with Crippen LogP contribution in [0.4, 0.5) is 14.9 Å². The predicted octanol–water partition coefficient (Wildman–Crippen LogP) is 3.11. The molecule has 0 aromatic heterocycles. The fourth-order valence-electron chi connectivity index (χ4n) is 3.07. The number of hydrogen-bond acceptors (Lipinski definition) is 5. The minimum Gasteiger partial charge on any atom is -0.493 e. The Bertz CT molecular complexity index is 894. The minimum atomic E-state index is -0.555. The fraction of sp³-hybridized carbons (Fsp3) is 0.333. The molecule has 1 heterocycles. The third-order valence-electron chi connectivity index (χ3n) is 4.70. The number of thioether (sulfide) groups is 1. The molecule has 2 aromatic carbocycles. The standard InChI is InChI=1S/C21H24FN3O4S/c1-28-18-8-3-14(11-19(18)29-2)9-10-23-20(26)17-12-30-13-25(17)21(27)24-16-6-4-15(22)5-7-16/h3-8,11,17H,9-10,12-13H2,1-2H3,(H,23,26)(H,24,27)/t17-/m0/s1. The van der Waals surface area contributed by atoms with Crippen molar-refractivity contribution in [3.05, 3.63) is 53.8 Å². The number of ether oxygens (including phenoxy) is 2. The van der Waals surface area contributed by atoms with Gasteiger partial charge >= 0.3 is 6.03 Å². The number of hydrogen-bond donors (Lipinski definition) is 2. The second-order valence-electron chi connectivity index (χ2n) is 6.65. The summed E-state index contributed by atoms with van der Waals surface area (Å²) in [5.74, 6) is 1.65. The molecule has 0 unspecified atom stereocenters. The van der Waals surface area contributed by atoms with Gasteiger partial charge in [0, 0.05) is 18.0 Å². The van der Waals surface area contributed by atoms with Gasteiger partial charge in [0.2, 0.25) is 5.91 Å². The van der Waals surface area contributed by atoms with Crippen LogP contribution in [-0.4, -0.2) is 55.3 Å². The number of carbonyl (C=O) groups excluding carboxylic acids is 2. The van der Waals surface area contributed by atoms with Crippen LogP contribution in [0.15, 0.2) is 42.5 Å². The van der Waals surface area contributed by atoms with Gasteiger partial charge in [0.05, 0.1) is 20.1 Å². The van der Waals surface area contributed by atoms with E-state index < -0.39 is 6.04 Å². The first-order valence-electron chi connectivity index (χ1n) is 9.41. The van der Waals surface area contributed by atoms with Crippen molar-refractivity contribution in [1.82, 2.24) is 10.2 Å². The lowest BCUT2D eigenvalue weighted by molar-refractivity contribution is -0.124. The average Bonchev–Trinajstić information content (AvgIpc) is 3.25. The Morgan fingerprint density at radius 2 is 1.87 bits per heavy atom. The molecule has 3 rings (SSSR count). The van der Waals surface area contributed by atoms with Crippen molar-refractivity contribution in [2.24, 2.45) is 0 Å². The van der Waals surface area contributed by atoms with Crippen molar-refractivity contribution in [3.63, 3.8) is 0 Å². The van der Waals surface area contributed by atoms with Gasteiger partial charge < -0.3 is 25.0 Å². The van der Waals surface area contributed by atoms with E-state index in [2.05, 4.69) is 10.6 Å². The lowest BCUT2D eigenvalue weighted by Crippen LogP contribution is -2.49. The van der Waals surface area contributed by atoms with Crippen LogP contribution in [0.25, 0.3) is 0 Å². The second kappa shape index (κ2) is 10.2. The van der Waals surface area contributed by atoms with Gasteiger partial charge in [-0.3, -0.25) is 4.79 Å². The molecular weight excluding hydrogens is 409 g/mol. The summed E-state index contributed by atoms with van der Waals surface area (Å²) in [6, 6.07) is 10.2. The molecule has 0 radical (unpaired) electrons. The molecule has 7 nitrogen and oxygen atoms in total. The molecule has 1 aliphatic heterocycles. The molecule has 0 saturated carbocycles. The first-order valence-corrected chi connectivity index (χ1v) is 10.6. The molecule has 0 spiro atoms. The van der Waals surface area contributed by atoms with Gasteiger partial charge in [0.25, 0.3) is 0 Å². The number of benzene rings is 2. The number of carbonyl (C=O) groups is 2. The Balaban J connectivity index is 1.53. The summed E-state index contributed by atoms with van der Waals surface area (Å²) >= 11 is 1.51. The van der Waals surface area contributed by atoms with E-state index in [1.807, 2.05) is 18.2 Å². The maximum atomic E-state index is 13.0. The average molecular weight is 434 g/mol. The predicted molar refractivity (Wildman–Crippen MR) is 115 cm³/mol. The van der Waals surface area contributed by atoms with Gasteiger partial charge in [0.1, 0.15) is 11.9 Å². The zero-order valence-electron chi connectivity index (χ0n) is 16.8. The van der Waals surface area contributed by atoms with Crippen LogP contribution in [0.1, 0.15) is 5.56 Å². The highest BCUT2D eigenvalue weighted by molar-refractivity contribution is 7.99. The largest absolute Gasteiger partial charge is 0.493 e. The van der Waals surface area contributed by atoms with Crippen molar-refractivity contribution < 1.29 is 23.5 Å². The molecule has 1 aliphatic rings. The van der Waals surface area contributed by atoms with Gasteiger partial charge in [-0.1, -0.05) is 6.07 Å². The van der Waals surface area contributed by atoms with Crippen LogP contribution in [-0.2, 0) is 11.2 Å². The number of nitrogens with zero attached hydrogens (tertiary/aromatic N) is 1. The molecule has 0 bridgehead atoms. The van der Waals surface area contributed by atoms with Gasteiger partial charge in [-0.15, -0.1) is 11.8 Å². The van der Waals surface area contributed by atoms with E-state index in [0.29, 0.717) is 41.8 Å². The maximum Gasteiger partial charge on any atom is 0.323 e. The molecule has 160 valence electrons. The van der Waals surface area contributed by atoms with Crippen LogP contribution in [0.2, 0.25) is 0 Å². The lowest BCUT2D eigenvalue weighted by Gasteiger charge is -2.23. The van der Waals surface area contributed by atoms with E-state index in [4.69, 9.17) is 9.47 Å². The summed E-state index contributed by atoms with van der Waals surface area (Å²) in [6.45, 7) is 0.433.